The van der Waals surface area contributed by atoms with Crippen molar-refractivity contribution in [3.05, 3.63) is 0 Å². The fraction of sp³-hybridized carbons (Fsp3) is 1.00. The number of rotatable bonds is 6. The van der Waals surface area contributed by atoms with Gasteiger partial charge in [0, 0.05) is 12.1 Å². The van der Waals surface area contributed by atoms with Crippen LogP contribution >= 0.6 is 0 Å². The summed E-state index contributed by atoms with van der Waals surface area (Å²) in [6.07, 6.45) is 7.07. The second kappa shape index (κ2) is 6.49. The Balaban J connectivity index is 2.09. The molecular formula is C13H27NO. The molecule has 0 spiro atoms. The van der Waals surface area contributed by atoms with Crippen LogP contribution < -0.4 is 5.32 Å². The molecule has 0 heterocycles. The highest BCUT2D eigenvalue weighted by molar-refractivity contribution is 4.84. The maximum Gasteiger partial charge on any atom is 0.0693 e. The zero-order valence-corrected chi connectivity index (χ0v) is 10.5. The molecule has 90 valence electrons. The predicted molar refractivity (Wildman–Crippen MR) is 64.9 cm³/mol. The number of aliphatic hydroxyl groups is 1. The van der Waals surface area contributed by atoms with Crippen LogP contribution in [0.15, 0.2) is 0 Å². The third kappa shape index (κ3) is 4.98. The Morgan fingerprint density at radius 1 is 1.20 bits per heavy atom. The lowest BCUT2D eigenvalue weighted by Gasteiger charge is -2.22. The van der Waals surface area contributed by atoms with Crippen molar-refractivity contribution in [2.45, 2.75) is 77.5 Å². The molecule has 0 amide bonds. The van der Waals surface area contributed by atoms with E-state index in [9.17, 15) is 5.11 Å². The van der Waals surface area contributed by atoms with Gasteiger partial charge in [0.15, 0.2) is 0 Å². The van der Waals surface area contributed by atoms with Gasteiger partial charge in [-0.25, -0.2) is 0 Å². The first kappa shape index (κ1) is 13.0. The van der Waals surface area contributed by atoms with E-state index in [2.05, 4.69) is 26.1 Å². The van der Waals surface area contributed by atoms with Gasteiger partial charge in [-0.15, -0.1) is 0 Å². The van der Waals surface area contributed by atoms with Crippen molar-refractivity contribution in [1.29, 1.82) is 0 Å². The average molecular weight is 213 g/mol. The zero-order valence-electron chi connectivity index (χ0n) is 10.5. The Bertz CT molecular complexity index is 170. The molecule has 0 saturated heterocycles. The summed E-state index contributed by atoms with van der Waals surface area (Å²) in [4.78, 5) is 0. The van der Waals surface area contributed by atoms with Gasteiger partial charge in [-0.3, -0.25) is 0 Å². The number of hydrogen-bond donors (Lipinski definition) is 2. The highest BCUT2D eigenvalue weighted by Crippen LogP contribution is 2.20. The molecule has 0 aromatic rings. The molecular weight excluding hydrogens is 186 g/mol. The summed E-state index contributed by atoms with van der Waals surface area (Å²) >= 11 is 0. The topological polar surface area (TPSA) is 32.3 Å². The van der Waals surface area contributed by atoms with Gasteiger partial charge in [-0.1, -0.05) is 26.7 Å². The molecule has 0 aromatic heterocycles. The molecule has 1 aliphatic rings. The molecule has 0 radical (unpaired) electrons. The van der Waals surface area contributed by atoms with Crippen molar-refractivity contribution in [3.8, 4) is 0 Å². The lowest BCUT2D eigenvalue weighted by atomic mass is 10.0. The Kier molecular flexibility index (Phi) is 5.62. The second-order valence-corrected chi connectivity index (χ2v) is 5.50. The van der Waals surface area contributed by atoms with E-state index in [0.717, 1.165) is 18.8 Å². The van der Waals surface area contributed by atoms with Crippen molar-refractivity contribution in [2.24, 2.45) is 5.92 Å². The largest absolute Gasteiger partial charge is 0.392 e. The third-order valence-electron chi connectivity index (χ3n) is 3.40. The van der Waals surface area contributed by atoms with Crippen molar-refractivity contribution >= 4 is 0 Å². The lowest BCUT2D eigenvalue weighted by Crippen LogP contribution is -2.41. The standard InChI is InChI=1S/C13H27NO/c1-10(2)6-4-7-11(3)14-12-8-5-9-13(12)15/h10-15H,4-9H2,1-3H3. The lowest BCUT2D eigenvalue weighted by molar-refractivity contribution is 0.143. The summed E-state index contributed by atoms with van der Waals surface area (Å²) in [7, 11) is 0. The second-order valence-electron chi connectivity index (χ2n) is 5.50. The SMILES string of the molecule is CC(C)CCCC(C)NC1CCCC1O. The van der Waals surface area contributed by atoms with Gasteiger partial charge >= 0.3 is 0 Å². The molecule has 1 rings (SSSR count). The minimum Gasteiger partial charge on any atom is -0.392 e. The van der Waals surface area contributed by atoms with Gasteiger partial charge < -0.3 is 10.4 Å². The summed E-state index contributed by atoms with van der Waals surface area (Å²) in [5, 5.41) is 13.2. The first-order chi connectivity index (χ1) is 7.09. The smallest absolute Gasteiger partial charge is 0.0693 e. The van der Waals surface area contributed by atoms with E-state index in [-0.39, 0.29) is 6.10 Å². The summed E-state index contributed by atoms with van der Waals surface area (Å²) < 4.78 is 0. The monoisotopic (exact) mass is 213 g/mol. The fourth-order valence-corrected chi connectivity index (χ4v) is 2.42. The molecule has 2 N–H and O–H groups in total. The first-order valence-corrected chi connectivity index (χ1v) is 6.53. The minimum absolute atomic E-state index is 0.0995. The van der Waals surface area contributed by atoms with E-state index in [4.69, 9.17) is 0 Å². The van der Waals surface area contributed by atoms with Gasteiger partial charge in [-0.2, -0.15) is 0 Å². The first-order valence-electron chi connectivity index (χ1n) is 6.53. The highest BCUT2D eigenvalue weighted by Gasteiger charge is 2.25. The molecule has 0 bridgehead atoms. The molecule has 2 nitrogen and oxygen atoms in total. The number of aliphatic hydroxyl groups excluding tert-OH is 1. The highest BCUT2D eigenvalue weighted by atomic mass is 16.3. The molecule has 3 atom stereocenters. The van der Waals surface area contributed by atoms with Gasteiger partial charge in [0.2, 0.25) is 0 Å². The van der Waals surface area contributed by atoms with Crippen LogP contribution in [-0.2, 0) is 0 Å². The summed E-state index contributed by atoms with van der Waals surface area (Å²) in [5.74, 6) is 0.814. The van der Waals surface area contributed by atoms with Crippen LogP contribution in [0.1, 0.15) is 59.3 Å². The fourth-order valence-electron chi connectivity index (χ4n) is 2.42. The Morgan fingerprint density at radius 3 is 2.47 bits per heavy atom. The van der Waals surface area contributed by atoms with E-state index >= 15 is 0 Å². The quantitative estimate of drug-likeness (QED) is 0.711. The summed E-state index contributed by atoms with van der Waals surface area (Å²) in [6, 6.07) is 0.917. The Morgan fingerprint density at radius 2 is 1.93 bits per heavy atom. The van der Waals surface area contributed by atoms with Crippen molar-refractivity contribution in [2.75, 3.05) is 0 Å². The predicted octanol–water partition coefficient (Wildman–Crippen LogP) is 2.70. The molecule has 0 aliphatic heterocycles. The van der Waals surface area contributed by atoms with Crippen LogP contribution in [0.25, 0.3) is 0 Å². The zero-order chi connectivity index (χ0) is 11.3. The maximum absolute atomic E-state index is 9.69. The van der Waals surface area contributed by atoms with Gasteiger partial charge in [0.25, 0.3) is 0 Å². The number of nitrogens with one attached hydrogen (secondary N) is 1. The number of hydrogen-bond acceptors (Lipinski definition) is 2. The Labute approximate surface area is 94.5 Å². The van der Waals surface area contributed by atoms with E-state index in [0.29, 0.717) is 12.1 Å². The summed E-state index contributed by atoms with van der Waals surface area (Å²) in [6.45, 7) is 6.79. The van der Waals surface area contributed by atoms with Crippen molar-refractivity contribution in [3.63, 3.8) is 0 Å². The van der Waals surface area contributed by atoms with E-state index < -0.39 is 0 Å². The normalized spacial score (nSPS) is 28.6. The molecule has 15 heavy (non-hydrogen) atoms. The van der Waals surface area contributed by atoms with Crippen LogP contribution in [0.5, 0.6) is 0 Å². The van der Waals surface area contributed by atoms with Gasteiger partial charge in [0.1, 0.15) is 0 Å². The van der Waals surface area contributed by atoms with E-state index in [1.807, 2.05) is 0 Å². The van der Waals surface area contributed by atoms with Crippen molar-refractivity contribution < 1.29 is 5.11 Å². The van der Waals surface area contributed by atoms with Crippen LogP contribution in [0, 0.1) is 5.92 Å². The van der Waals surface area contributed by atoms with Gasteiger partial charge in [0.05, 0.1) is 6.10 Å². The molecule has 0 aromatic carbocycles. The molecule has 3 unspecified atom stereocenters. The van der Waals surface area contributed by atoms with Crippen LogP contribution in [0.3, 0.4) is 0 Å². The molecule has 2 heteroatoms. The molecule has 1 fully saturated rings. The van der Waals surface area contributed by atoms with Crippen molar-refractivity contribution in [1.82, 2.24) is 5.32 Å². The third-order valence-corrected chi connectivity index (χ3v) is 3.40. The summed E-state index contributed by atoms with van der Waals surface area (Å²) in [5.41, 5.74) is 0. The van der Waals surface area contributed by atoms with E-state index in [1.165, 1.54) is 25.7 Å². The molecule has 1 aliphatic carbocycles. The van der Waals surface area contributed by atoms with Crippen LogP contribution in [-0.4, -0.2) is 23.3 Å². The maximum atomic E-state index is 9.69. The average Bonchev–Trinajstić information content (AvgIpc) is 2.51. The van der Waals surface area contributed by atoms with Crippen LogP contribution in [0.2, 0.25) is 0 Å². The van der Waals surface area contributed by atoms with E-state index in [1.54, 1.807) is 0 Å². The molecule has 1 saturated carbocycles. The minimum atomic E-state index is -0.0995. The van der Waals surface area contributed by atoms with Gasteiger partial charge in [-0.05, 0) is 38.5 Å². The Hall–Kier alpha value is -0.0800. The van der Waals surface area contributed by atoms with Crippen LogP contribution in [0.4, 0.5) is 0 Å².